The Morgan fingerprint density at radius 2 is 1.79 bits per heavy atom. The van der Waals surface area contributed by atoms with Gasteiger partial charge < -0.3 is 4.90 Å². The lowest BCUT2D eigenvalue weighted by Gasteiger charge is -2.28. The number of rotatable bonds is 3. The summed E-state index contributed by atoms with van der Waals surface area (Å²) >= 11 is 0. The molecule has 1 atom stereocenters. The zero-order valence-electron chi connectivity index (χ0n) is 13.5. The highest BCUT2D eigenvalue weighted by atomic mass is 16.2. The summed E-state index contributed by atoms with van der Waals surface area (Å²) < 4.78 is 0. The summed E-state index contributed by atoms with van der Waals surface area (Å²) in [6, 6.07) is 15.7. The Balaban J connectivity index is 2.27. The van der Waals surface area contributed by atoms with E-state index in [1.54, 1.807) is 4.90 Å². The second-order valence-corrected chi connectivity index (χ2v) is 5.76. The van der Waals surface area contributed by atoms with Gasteiger partial charge in [-0.15, -0.1) is 0 Å². The number of hydrogen-bond donors (Lipinski definition) is 0. The predicted octanol–water partition coefficient (Wildman–Crippen LogP) is 4.24. The van der Waals surface area contributed by atoms with Crippen LogP contribution in [0.5, 0.6) is 0 Å². The van der Waals surface area contributed by atoms with Crippen LogP contribution in [0.1, 0.15) is 19.4 Å². The number of hydrogen-bond acceptors (Lipinski definition) is 3. The molecule has 6 heteroatoms. The van der Waals surface area contributed by atoms with E-state index in [1.807, 2.05) is 68.4 Å². The molecule has 1 aliphatic heterocycles. The Morgan fingerprint density at radius 3 is 2.46 bits per heavy atom. The van der Waals surface area contributed by atoms with Gasteiger partial charge in [-0.1, -0.05) is 47.6 Å². The van der Waals surface area contributed by atoms with Crippen LogP contribution in [0.2, 0.25) is 0 Å². The number of azide groups is 1. The summed E-state index contributed by atoms with van der Waals surface area (Å²) in [5.74, 6) is -0.268. The van der Waals surface area contributed by atoms with Crippen LogP contribution >= 0.6 is 0 Å². The molecule has 120 valence electrons. The second kappa shape index (κ2) is 6.56. The van der Waals surface area contributed by atoms with Gasteiger partial charge in [-0.3, -0.25) is 4.79 Å². The molecule has 0 saturated heterocycles. The summed E-state index contributed by atoms with van der Waals surface area (Å²) in [5.41, 5.74) is 11.6. The number of nitrogens with zero attached hydrogens (tertiary/aromatic N) is 5. The van der Waals surface area contributed by atoms with Gasteiger partial charge in [-0.05, 0) is 37.1 Å². The molecule has 0 saturated carbocycles. The van der Waals surface area contributed by atoms with Crippen molar-refractivity contribution in [3.63, 3.8) is 0 Å². The Morgan fingerprint density at radius 1 is 1.12 bits per heavy atom. The van der Waals surface area contributed by atoms with E-state index in [9.17, 15) is 4.79 Å². The highest BCUT2D eigenvalue weighted by molar-refractivity contribution is 6.23. The van der Waals surface area contributed by atoms with Gasteiger partial charge in [0, 0.05) is 11.0 Å². The van der Waals surface area contributed by atoms with Crippen molar-refractivity contribution < 1.29 is 4.79 Å². The molecule has 0 bridgehead atoms. The Kier molecular flexibility index (Phi) is 4.31. The largest absolute Gasteiger partial charge is 0.307 e. The minimum atomic E-state index is -0.993. The standard InChI is InChI=1S/C18H17N5O/c1-12(2)23-15-11-7-6-10-14(15)20-16(13-8-4-3-5-9-13)17(18(23)24)21-22-19/h3-12,17H,1-2H3. The van der Waals surface area contributed by atoms with Crippen molar-refractivity contribution in [3.8, 4) is 0 Å². The second-order valence-electron chi connectivity index (χ2n) is 5.76. The molecular weight excluding hydrogens is 302 g/mol. The number of aliphatic imine (C=N–C) groups is 1. The quantitative estimate of drug-likeness (QED) is 0.473. The van der Waals surface area contributed by atoms with E-state index in [0.29, 0.717) is 11.4 Å². The number of carbonyl (C=O) groups excluding carboxylic acids is 1. The van der Waals surface area contributed by atoms with Crippen LogP contribution in [-0.4, -0.2) is 23.7 Å². The highest BCUT2D eigenvalue weighted by Crippen LogP contribution is 2.34. The van der Waals surface area contributed by atoms with Crippen LogP contribution in [0, 0.1) is 0 Å². The fraction of sp³-hybridized carbons (Fsp3) is 0.222. The normalized spacial score (nSPS) is 17.0. The SMILES string of the molecule is CC(C)N1C(=O)C(N=[N+]=[N-])C(c2ccccc2)=Nc2ccccc21. The van der Waals surface area contributed by atoms with Gasteiger partial charge in [0.05, 0.1) is 17.1 Å². The van der Waals surface area contributed by atoms with Gasteiger partial charge >= 0.3 is 0 Å². The summed E-state index contributed by atoms with van der Waals surface area (Å²) in [6.07, 6.45) is 0. The van der Waals surface area contributed by atoms with Crippen LogP contribution in [0.4, 0.5) is 11.4 Å². The van der Waals surface area contributed by atoms with Crippen molar-refractivity contribution in [3.05, 3.63) is 70.6 Å². The van der Waals surface area contributed by atoms with E-state index < -0.39 is 6.04 Å². The number of carbonyl (C=O) groups is 1. The van der Waals surface area contributed by atoms with Gasteiger partial charge in [0.25, 0.3) is 0 Å². The van der Waals surface area contributed by atoms with Gasteiger partial charge in [0.15, 0.2) is 6.04 Å². The average molecular weight is 319 g/mol. The van der Waals surface area contributed by atoms with Crippen LogP contribution in [0.15, 0.2) is 64.7 Å². The van der Waals surface area contributed by atoms with E-state index in [-0.39, 0.29) is 11.9 Å². The highest BCUT2D eigenvalue weighted by Gasteiger charge is 2.34. The third-order valence-electron chi connectivity index (χ3n) is 3.87. The molecule has 2 aromatic rings. The summed E-state index contributed by atoms with van der Waals surface area (Å²) in [6.45, 7) is 3.85. The first-order valence-corrected chi connectivity index (χ1v) is 7.74. The molecule has 6 nitrogen and oxygen atoms in total. The first-order valence-electron chi connectivity index (χ1n) is 7.74. The molecule has 0 aliphatic carbocycles. The van der Waals surface area contributed by atoms with Gasteiger partial charge in [0.2, 0.25) is 5.91 Å². The minimum absolute atomic E-state index is 0.0830. The zero-order valence-corrected chi connectivity index (χ0v) is 13.5. The maximum absolute atomic E-state index is 13.1. The molecule has 0 spiro atoms. The molecule has 1 unspecified atom stereocenters. The molecule has 24 heavy (non-hydrogen) atoms. The zero-order chi connectivity index (χ0) is 17.1. The molecule has 3 rings (SSSR count). The van der Waals surface area contributed by atoms with Crippen molar-refractivity contribution in [2.75, 3.05) is 4.90 Å². The van der Waals surface area contributed by atoms with E-state index in [1.165, 1.54) is 0 Å². The molecule has 1 aliphatic rings. The number of fused-ring (bicyclic) bond motifs is 1. The lowest BCUT2D eigenvalue weighted by molar-refractivity contribution is -0.118. The monoisotopic (exact) mass is 319 g/mol. The smallest absolute Gasteiger partial charge is 0.242 e. The Hall–Kier alpha value is -3.11. The van der Waals surface area contributed by atoms with Gasteiger partial charge in [-0.25, -0.2) is 4.99 Å². The van der Waals surface area contributed by atoms with E-state index >= 15 is 0 Å². The third kappa shape index (κ3) is 2.75. The maximum Gasteiger partial charge on any atom is 0.242 e. The fourth-order valence-corrected chi connectivity index (χ4v) is 2.84. The lowest BCUT2D eigenvalue weighted by Crippen LogP contribution is -2.45. The minimum Gasteiger partial charge on any atom is -0.307 e. The molecule has 0 radical (unpaired) electrons. The first-order chi connectivity index (χ1) is 11.6. The average Bonchev–Trinajstić information content (AvgIpc) is 2.71. The number of benzene rings is 2. The number of para-hydroxylation sites is 2. The maximum atomic E-state index is 13.1. The van der Waals surface area contributed by atoms with E-state index in [4.69, 9.17) is 5.53 Å². The van der Waals surface area contributed by atoms with Gasteiger partial charge in [-0.2, -0.15) is 0 Å². The molecule has 0 fully saturated rings. The van der Waals surface area contributed by atoms with Crippen molar-refractivity contribution in [2.24, 2.45) is 10.1 Å². The summed E-state index contributed by atoms with van der Waals surface area (Å²) in [4.78, 5) is 22.3. The predicted molar refractivity (Wildman–Crippen MR) is 94.6 cm³/mol. The van der Waals surface area contributed by atoms with Crippen molar-refractivity contribution in [1.29, 1.82) is 0 Å². The van der Waals surface area contributed by atoms with E-state index in [2.05, 4.69) is 15.0 Å². The number of anilines is 1. The molecular formula is C18H17N5O. The van der Waals surface area contributed by atoms with E-state index in [0.717, 1.165) is 11.3 Å². The lowest BCUT2D eigenvalue weighted by atomic mass is 10.0. The van der Waals surface area contributed by atoms with Gasteiger partial charge in [0.1, 0.15) is 0 Å². The van der Waals surface area contributed by atoms with Crippen molar-refractivity contribution in [1.82, 2.24) is 0 Å². The van der Waals surface area contributed by atoms with Crippen LogP contribution in [0.25, 0.3) is 10.4 Å². The molecule has 0 aromatic heterocycles. The summed E-state index contributed by atoms with van der Waals surface area (Å²) in [5, 5.41) is 3.76. The molecule has 1 amide bonds. The fourth-order valence-electron chi connectivity index (χ4n) is 2.84. The first kappa shape index (κ1) is 15.8. The van der Waals surface area contributed by atoms with Crippen LogP contribution in [-0.2, 0) is 4.79 Å². The topological polar surface area (TPSA) is 81.4 Å². The van der Waals surface area contributed by atoms with Crippen molar-refractivity contribution in [2.45, 2.75) is 25.9 Å². The van der Waals surface area contributed by atoms with Crippen molar-refractivity contribution >= 4 is 23.0 Å². The van der Waals surface area contributed by atoms with Crippen LogP contribution in [0.3, 0.4) is 0 Å². The molecule has 0 N–H and O–H groups in total. The van der Waals surface area contributed by atoms with Crippen LogP contribution < -0.4 is 4.90 Å². The molecule has 2 aromatic carbocycles. The third-order valence-corrected chi connectivity index (χ3v) is 3.87. The number of amides is 1. The summed E-state index contributed by atoms with van der Waals surface area (Å²) in [7, 11) is 0. The Labute approximate surface area is 140 Å². The molecule has 1 heterocycles. The Bertz CT molecular complexity index is 837.